The second-order valence-electron chi connectivity index (χ2n) is 10.2. The quantitative estimate of drug-likeness (QED) is 0.304. The summed E-state index contributed by atoms with van der Waals surface area (Å²) < 4.78 is 0. The Labute approximate surface area is 233 Å². The summed E-state index contributed by atoms with van der Waals surface area (Å²) in [6.45, 7) is 7.25. The van der Waals surface area contributed by atoms with E-state index in [4.69, 9.17) is 17.3 Å². The van der Waals surface area contributed by atoms with Gasteiger partial charge in [-0.2, -0.15) is 0 Å². The average Bonchev–Trinajstić information content (AvgIpc) is 3.42. The van der Waals surface area contributed by atoms with E-state index >= 15 is 0 Å². The van der Waals surface area contributed by atoms with Gasteiger partial charge in [0.1, 0.15) is 5.65 Å². The van der Waals surface area contributed by atoms with Gasteiger partial charge in [0.15, 0.2) is 0 Å². The van der Waals surface area contributed by atoms with E-state index < -0.39 is 5.91 Å². The fourth-order valence-corrected chi connectivity index (χ4v) is 5.28. The molecule has 202 valence electrons. The Bertz CT molecular complexity index is 1470. The minimum absolute atomic E-state index is 0.112. The zero-order chi connectivity index (χ0) is 27.5. The Kier molecular flexibility index (Phi) is 7.86. The van der Waals surface area contributed by atoms with Crippen molar-refractivity contribution in [2.24, 2.45) is 5.73 Å². The van der Waals surface area contributed by atoms with Crippen LogP contribution in [0.1, 0.15) is 35.7 Å². The van der Waals surface area contributed by atoms with E-state index in [2.05, 4.69) is 34.0 Å². The van der Waals surface area contributed by atoms with E-state index in [1.807, 2.05) is 59.8 Å². The molecule has 4 aromatic rings. The van der Waals surface area contributed by atoms with Crippen LogP contribution in [-0.4, -0.2) is 65.4 Å². The molecule has 1 unspecified atom stereocenters. The molecule has 9 heteroatoms. The third kappa shape index (κ3) is 5.77. The van der Waals surface area contributed by atoms with Crippen LogP contribution < -0.4 is 16.0 Å². The zero-order valence-corrected chi connectivity index (χ0v) is 22.9. The number of primary amides is 1. The maximum Gasteiger partial charge on any atom is 0.248 e. The largest absolute Gasteiger partial charge is 0.367 e. The summed E-state index contributed by atoms with van der Waals surface area (Å²) in [5.74, 6) is -0.648. The third-order valence-corrected chi connectivity index (χ3v) is 7.48. The van der Waals surface area contributed by atoms with E-state index in [9.17, 15) is 9.59 Å². The molecular formula is C30H33ClN6O2. The summed E-state index contributed by atoms with van der Waals surface area (Å²) in [4.78, 5) is 37.7. The number of nitrogens with two attached hydrogens (primary N) is 1. The molecule has 2 aromatic carbocycles. The molecule has 39 heavy (non-hydrogen) atoms. The third-order valence-electron chi connectivity index (χ3n) is 7.22. The maximum absolute atomic E-state index is 13.8. The summed E-state index contributed by atoms with van der Waals surface area (Å²) in [5, 5.41) is 5.09. The second kappa shape index (κ2) is 11.5. The number of anilines is 1. The van der Waals surface area contributed by atoms with Gasteiger partial charge in [-0.1, -0.05) is 49.7 Å². The van der Waals surface area contributed by atoms with E-state index in [0.717, 1.165) is 33.4 Å². The average molecular weight is 545 g/mol. The first-order valence-electron chi connectivity index (χ1n) is 13.2. The van der Waals surface area contributed by atoms with Crippen molar-refractivity contribution in [3.05, 3.63) is 83.1 Å². The summed E-state index contributed by atoms with van der Waals surface area (Å²) in [5.41, 5.74) is 10.6. The molecule has 2 amide bonds. The first kappa shape index (κ1) is 26.7. The lowest BCUT2D eigenvalue weighted by Gasteiger charge is -2.38. The van der Waals surface area contributed by atoms with Gasteiger partial charge in [-0.05, 0) is 41.5 Å². The van der Waals surface area contributed by atoms with Gasteiger partial charge in [-0.15, -0.1) is 0 Å². The topological polar surface area (TPSA) is 107 Å². The smallest absolute Gasteiger partial charge is 0.248 e. The lowest BCUT2D eigenvalue weighted by molar-refractivity contribution is -0.133. The van der Waals surface area contributed by atoms with Gasteiger partial charge in [0.2, 0.25) is 11.8 Å². The van der Waals surface area contributed by atoms with Crippen molar-refractivity contribution in [1.29, 1.82) is 0 Å². The van der Waals surface area contributed by atoms with Crippen molar-refractivity contribution in [2.45, 2.75) is 25.8 Å². The monoisotopic (exact) mass is 544 g/mol. The van der Waals surface area contributed by atoms with Crippen LogP contribution >= 0.6 is 11.6 Å². The Balaban J connectivity index is 1.40. The molecule has 1 aliphatic rings. The molecule has 1 saturated heterocycles. The Hall–Kier alpha value is -3.88. The number of aromatic nitrogens is 2. The number of fused-ring (bicyclic) bond motifs is 1. The summed E-state index contributed by atoms with van der Waals surface area (Å²) in [6.07, 6.45) is 3.71. The number of rotatable bonds is 8. The lowest BCUT2D eigenvalue weighted by atomic mass is 9.96. The number of nitrogens with one attached hydrogen (secondary N) is 2. The number of nitrogens with zero attached hydrogens (tertiary/aromatic N) is 3. The standard InChI is InChI=1S/C30H33ClN6O2/c1-19(2)34-18-26(20-6-8-23(31)9-7-20)30(39)37-14-12-36(13-15-37)27-24-10-11-33-29(24)35-17-25(27)21-4-3-5-22(16-21)28(32)38/h3-11,16-17,19,26,34H,12-15,18H2,1-2H3,(H2,32,38)(H,33,35). The Morgan fingerprint density at radius 1 is 1.08 bits per heavy atom. The van der Waals surface area contributed by atoms with E-state index in [-0.39, 0.29) is 17.9 Å². The van der Waals surface area contributed by atoms with Crippen LogP contribution in [0.25, 0.3) is 22.2 Å². The van der Waals surface area contributed by atoms with Crippen LogP contribution in [0.2, 0.25) is 5.02 Å². The molecule has 1 atom stereocenters. The van der Waals surface area contributed by atoms with Crippen LogP contribution in [0.5, 0.6) is 0 Å². The number of carbonyl (C=O) groups is 2. The van der Waals surface area contributed by atoms with Gasteiger partial charge in [0.05, 0.1) is 11.6 Å². The van der Waals surface area contributed by atoms with Gasteiger partial charge >= 0.3 is 0 Å². The summed E-state index contributed by atoms with van der Waals surface area (Å²) in [6, 6.07) is 17.2. The summed E-state index contributed by atoms with van der Waals surface area (Å²) in [7, 11) is 0. The zero-order valence-electron chi connectivity index (χ0n) is 22.2. The number of hydrogen-bond acceptors (Lipinski definition) is 5. The van der Waals surface area contributed by atoms with Crippen LogP contribution in [0.4, 0.5) is 5.69 Å². The molecule has 0 bridgehead atoms. The normalized spacial score (nSPS) is 14.7. The highest BCUT2D eigenvalue weighted by atomic mass is 35.5. The molecule has 1 fully saturated rings. The number of carbonyl (C=O) groups excluding carboxylic acids is 2. The number of H-pyrrole nitrogens is 1. The number of halogens is 1. The van der Waals surface area contributed by atoms with Crippen molar-refractivity contribution < 1.29 is 9.59 Å². The molecule has 3 heterocycles. The van der Waals surface area contributed by atoms with Gasteiger partial charge < -0.3 is 25.8 Å². The highest BCUT2D eigenvalue weighted by Gasteiger charge is 2.30. The van der Waals surface area contributed by atoms with Crippen molar-refractivity contribution in [1.82, 2.24) is 20.2 Å². The van der Waals surface area contributed by atoms with Crippen LogP contribution in [0, 0.1) is 0 Å². The molecule has 1 aliphatic heterocycles. The van der Waals surface area contributed by atoms with Crippen LogP contribution in [0.3, 0.4) is 0 Å². The fourth-order valence-electron chi connectivity index (χ4n) is 5.15. The van der Waals surface area contributed by atoms with Crippen LogP contribution in [0.15, 0.2) is 67.0 Å². The highest BCUT2D eigenvalue weighted by Crippen LogP contribution is 2.37. The predicted octanol–water partition coefficient (Wildman–Crippen LogP) is 4.41. The molecular weight excluding hydrogens is 512 g/mol. The molecule has 0 aliphatic carbocycles. The summed E-state index contributed by atoms with van der Waals surface area (Å²) >= 11 is 6.11. The Morgan fingerprint density at radius 3 is 2.51 bits per heavy atom. The maximum atomic E-state index is 13.8. The van der Waals surface area contributed by atoms with Gasteiger partial charge in [0, 0.05) is 72.7 Å². The van der Waals surface area contributed by atoms with Crippen molar-refractivity contribution >= 4 is 40.1 Å². The number of pyridine rings is 1. The fraction of sp³-hybridized carbons (Fsp3) is 0.300. The molecule has 0 spiro atoms. The number of piperazine rings is 1. The second-order valence-corrected chi connectivity index (χ2v) is 10.6. The molecule has 0 radical (unpaired) electrons. The van der Waals surface area contributed by atoms with Gasteiger partial charge in [0.25, 0.3) is 0 Å². The molecule has 4 N–H and O–H groups in total. The number of aromatic amines is 1. The first-order chi connectivity index (χ1) is 18.8. The molecule has 5 rings (SSSR count). The van der Waals surface area contributed by atoms with E-state index in [1.54, 1.807) is 12.1 Å². The van der Waals surface area contributed by atoms with Gasteiger partial charge in [-0.3, -0.25) is 9.59 Å². The lowest BCUT2D eigenvalue weighted by Crippen LogP contribution is -2.51. The first-order valence-corrected chi connectivity index (χ1v) is 13.6. The molecule has 0 saturated carbocycles. The highest BCUT2D eigenvalue weighted by molar-refractivity contribution is 6.30. The number of amides is 2. The Morgan fingerprint density at radius 2 is 1.82 bits per heavy atom. The number of benzene rings is 2. The molecule has 2 aromatic heterocycles. The predicted molar refractivity (Wildman–Crippen MR) is 156 cm³/mol. The van der Waals surface area contributed by atoms with Crippen LogP contribution in [-0.2, 0) is 4.79 Å². The van der Waals surface area contributed by atoms with E-state index in [1.165, 1.54) is 0 Å². The van der Waals surface area contributed by atoms with Gasteiger partial charge in [-0.25, -0.2) is 4.98 Å². The van der Waals surface area contributed by atoms with Crippen molar-refractivity contribution in [2.75, 3.05) is 37.6 Å². The van der Waals surface area contributed by atoms with Crippen molar-refractivity contribution in [3.8, 4) is 11.1 Å². The number of hydrogen-bond donors (Lipinski definition) is 3. The van der Waals surface area contributed by atoms with E-state index in [0.29, 0.717) is 43.3 Å². The molecule has 8 nitrogen and oxygen atoms in total. The minimum atomic E-state index is -0.469. The van der Waals surface area contributed by atoms with Crippen molar-refractivity contribution in [3.63, 3.8) is 0 Å². The minimum Gasteiger partial charge on any atom is -0.367 e. The SMILES string of the molecule is CC(C)NCC(C(=O)N1CCN(c2c(-c3cccc(C(N)=O)c3)cnc3[nH]ccc23)CC1)c1ccc(Cl)cc1.